The molecule has 2 amide bonds. The van der Waals surface area contributed by atoms with Crippen LogP contribution in [-0.4, -0.2) is 86.8 Å². The maximum Gasteiger partial charge on any atom is 0.314 e. The van der Waals surface area contributed by atoms with Crippen molar-refractivity contribution >= 4 is 6.03 Å². The van der Waals surface area contributed by atoms with Gasteiger partial charge in [0.15, 0.2) is 0 Å². The average Bonchev–Trinajstić information content (AvgIpc) is 4.04. The molecule has 0 radical (unpaired) electrons. The fourth-order valence-electron chi connectivity index (χ4n) is 6.08. The topological polar surface area (TPSA) is 176 Å². The first-order valence-corrected chi connectivity index (χ1v) is 17.0. The van der Waals surface area contributed by atoms with Crippen LogP contribution in [0, 0.1) is 13.8 Å². The van der Waals surface area contributed by atoms with Crippen LogP contribution >= 0.6 is 0 Å². The highest BCUT2D eigenvalue weighted by molar-refractivity contribution is 5.75. The molecule has 48 heavy (non-hydrogen) atoms. The third-order valence-electron chi connectivity index (χ3n) is 9.45. The maximum absolute atomic E-state index is 12.1. The largest absolute Gasteiger partial charge is 0.490 e. The van der Waals surface area contributed by atoms with Gasteiger partial charge >= 0.3 is 6.03 Å². The van der Waals surface area contributed by atoms with E-state index < -0.39 is 37.1 Å². The smallest absolute Gasteiger partial charge is 0.314 e. The molecule has 2 aliphatic carbocycles. The molecule has 2 aliphatic rings. The summed E-state index contributed by atoms with van der Waals surface area (Å²) in [7, 11) is 0. The number of carbonyl (C=O) groups is 1. The Morgan fingerprint density at radius 1 is 0.938 bits per heavy atom. The van der Waals surface area contributed by atoms with Gasteiger partial charge in [0.25, 0.3) is 0 Å². The SMILES string of the molecule is Cc1cc(CNC2(c3cnccc3-c3ccccc3OC3CC3)CC2)c(C)cc1CCCCNC(=O)NC[C@@H](O)[C@H](O)[C@@H](O)[C@@H](O)CO. The number of benzene rings is 2. The second-order valence-corrected chi connectivity index (χ2v) is 13.3. The molecule has 0 unspecified atom stereocenters. The predicted octanol–water partition coefficient (Wildman–Crippen LogP) is 2.74. The Labute approximate surface area is 282 Å². The van der Waals surface area contributed by atoms with E-state index in [9.17, 15) is 25.2 Å². The minimum Gasteiger partial charge on any atom is -0.490 e. The lowest BCUT2D eigenvalue weighted by atomic mass is 9.93. The van der Waals surface area contributed by atoms with Crippen LogP contribution in [0.3, 0.4) is 0 Å². The fraction of sp³-hybridized carbons (Fsp3) is 0.514. The average molecular weight is 663 g/mol. The highest BCUT2D eigenvalue weighted by Crippen LogP contribution is 2.50. The number of aliphatic hydroxyl groups is 5. The molecular weight excluding hydrogens is 612 g/mol. The van der Waals surface area contributed by atoms with Crippen molar-refractivity contribution in [3.05, 3.63) is 82.7 Å². The van der Waals surface area contributed by atoms with Crippen LogP contribution in [-0.2, 0) is 18.5 Å². The van der Waals surface area contributed by atoms with E-state index in [4.69, 9.17) is 9.84 Å². The first kappa shape index (κ1) is 35.7. The van der Waals surface area contributed by atoms with Crippen molar-refractivity contribution in [2.24, 2.45) is 0 Å². The molecule has 2 fully saturated rings. The van der Waals surface area contributed by atoms with Gasteiger partial charge in [-0.3, -0.25) is 4.98 Å². The van der Waals surface area contributed by atoms with Crippen LogP contribution in [0.4, 0.5) is 4.79 Å². The Morgan fingerprint density at radius 3 is 2.38 bits per heavy atom. The normalized spacial score (nSPS) is 17.6. The molecule has 3 aromatic rings. The third-order valence-corrected chi connectivity index (χ3v) is 9.45. The number of rotatable bonds is 18. The zero-order chi connectivity index (χ0) is 34.3. The highest BCUT2D eigenvalue weighted by Gasteiger charge is 2.46. The van der Waals surface area contributed by atoms with Crippen LogP contribution in [0.25, 0.3) is 11.1 Å². The van der Waals surface area contributed by atoms with Gasteiger partial charge in [0.05, 0.1) is 18.8 Å². The van der Waals surface area contributed by atoms with Crippen LogP contribution in [0.2, 0.25) is 0 Å². The van der Waals surface area contributed by atoms with Gasteiger partial charge in [-0.1, -0.05) is 30.3 Å². The maximum atomic E-state index is 12.1. The molecule has 11 heteroatoms. The Morgan fingerprint density at radius 2 is 1.65 bits per heavy atom. The van der Waals surface area contributed by atoms with Crippen LogP contribution in [0.5, 0.6) is 5.75 Å². The minimum atomic E-state index is -1.73. The molecule has 5 rings (SSSR count). The number of ether oxygens (including phenoxy) is 1. The van der Waals surface area contributed by atoms with Crippen molar-refractivity contribution in [2.45, 2.75) is 101 Å². The quantitative estimate of drug-likeness (QED) is 0.0953. The van der Waals surface area contributed by atoms with Gasteiger partial charge in [0.2, 0.25) is 0 Å². The summed E-state index contributed by atoms with van der Waals surface area (Å²) in [5, 5.41) is 56.8. The number of aryl methyl sites for hydroxylation is 3. The standard InChI is InChI=1S/C37H50N4O7/c1-23-18-26(24(2)17-25(23)7-5-6-15-39-36(47)40-21-31(43)34(45)35(46)32(44)22-42)19-41-37(13-14-37)30-20-38-16-12-28(30)29-8-3-4-9-33(29)48-27-10-11-27/h3-4,8-9,12,16-18,20,27,31-32,34-35,41-46H,5-7,10-11,13-15,19,21-22H2,1-2H3,(H2,39,40,47)/t31-,32+,34+,35+/m1/s1. The molecule has 2 saturated carbocycles. The molecule has 2 aromatic carbocycles. The van der Waals surface area contributed by atoms with Crippen molar-refractivity contribution in [3.8, 4) is 16.9 Å². The lowest BCUT2D eigenvalue weighted by molar-refractivity contribution is -0.113. The summed E-state index contributed by atoms with van der Waals surface area (Å²) in [5.74, 6) is 0.940. The lowest BCUT2D eigenvalue weighted by Crippen LogP contribution is -2.50. The Hall–Kier alpha value is -3.58. The van der Waals surface area contributed by atoms with Crippen molar-refractivity contribution in [2.75, 3.05) is 19.7 Å². The number of aromatic nitrogens is 1. The molecule has 0 spiro atoms. The molecule has 1 heterocycles. The molecule has 11 nitrogen and oxygen atoms in total. The van der Waals surface area contributed by atoms with Gasteiger partial charge in [0, 0.05) is 43.1 Å². The fourth-order valence-corrected chi connectivity index (χ4v) is 6.08. The summed E-state index contributed by atoms with van der Waals surface area (Å²) >= 11 is 0. The first-order valence-electron chi connectivity index (χ1n) is 17.0. The minimum absolute atomic E-state index is 0.115. The first-order chi connectivity index (χ1) is 23.1. The molecule has 1 aromatic heterocycles. The number of urea groups is 1. The summed E-state index contributed by atoms with van der Waals surface area (Å²) < 4.78 is 6.26. The van der Waals surface area contributed by atoms with E-state index in [1.807, 2.05) is 18.5 Å². The number of unbranched alkanes of at least 4 members (excludes halogenated alkanes) is 1. The number of amides is 2. The summed E-state index contributed by atoms with van der Waals surface area (Å²) in [6, 6.07) is 14.5. The van der Waals surface area contributed by atoms with Gasteiger partial charge in [-0.15, -0.1) is 0 Å². The van der Waals surface area contributed by atoms with Gasteiger partial charge in [0.1, 0.15) is 24.1 Å². The van der Waals surface area contributed by atoms with Gasteiger partial charge in [-0.05, 0) is 104 Å². The molecule has 0 bridgehead atoms. The number of nitrogens with zero attached hydrogens (tertiary/aromatic N) is 1. The number of hydrogen-bond acceptors (Lipinski definition) is 9. The molecule has 0 saturated heterocycles. The number of nitrogens with one attached hydrogen (secondary N) is 3. The van der Waals surface area contributed by atoms with E-state index in [1.165, 1.54) is 33.4 Å². The summed E-state index contributed by atoms with van der Waals surface area (Å²) in [4.78, 5) is 16.6. The van der Waals surface area contributed by atoms with Crippen molar-refractivity contribution in [1.82, 2.24) is 20.9 Å². The van der Waals surface area contributed by atoms with Crippen molar-refractivity contribution in [3.63, 3.8) is 0 Å². The monoisotopic (exact) mass is 662 g/mol. The van der Waals surface area contributed by atoms with Gasteiger partial charge < -0.3 is 46.2 Å². The molecular formula is C37H50N4O7. The van der Waals surface area contributed by atoms with Crippen molar-refractivity contribution in [1.29, 1.82) is 0 Å². The zero-order valence-electron chi connectivity index (χ0n) is 27.9. The zero-order valence-corrected chi connectivity index (χ0v) is 27.9. The van der Waals surface area contributed by atoms with Crippen LogP contribution in [0.1, 0.15) is 66.3 Å². The number of aliphatic hydroxyl groups excluding tert-OH is 5. The number of carbonyl (C=O) groups excluding carboxylic acids is 1. The summed E-state index contributed by atoms with van der Waals surface area (Å²) in [5.41, 5.74) is 8.43. The van der Waals surface area contributed by atoms with E-state index in [2.05, 4.69) is 71.2 Å². The van der Waals surface area contributed by atoms with Gasteiger partial charge in [-0.2, -0.15) is 0 Å². The number of pyridine rings is 1. The highest BCUT2D eigenvalue weighted by atomic mass is 16.5. The molecule has 8 N–H and O–H groups in total. The second kappa shape index (κ2) is 16.2. The summed E-state index contributed by atoms with van der Waals surface area (Å²) in [6.45, 7) is 4.40. The Kier molecular flexibility index (Phi) is 12.1. The molecule has 4 atom stereocenters. The van der Waals surface area contributed by atoms with E-state index >= 15 is 0 Å². The van der Waals surface area contributed by atoms with E-state index in [0.717, 1.165) is 62.8 Å². The predicted molar refractivity (Wildman–Crippen MR) is 182 cm³/mol. The Bertz CT molecular complexity index is 1530. The second-order valence-electron chi connectivity index (χ2n) is 13.3. The summed E-state index contributed by atoms with van der Waals surface area (Å²) in [6.07, 6.45) is 4.51. The van der Waals surface area contributed by atoms with Crippen LogP contribution < -0.4 is 20.7 Å². The number of para-hydroxylation sites is 1. The van der Waals surface area contributed by atoms with E-state index in [1.54, 1.807) is 0 Å². The van der Waals surface area contributed by atoms with Crippen LogP contribution in [0.15, 0.2) is 54.9 Å². The van der Waals surface area contributed by atoms with Gasteiger partial charge in [-0.25, -0.2) is 4.79 Å². The lowest BCUT2D eigenvalue weighted by Gasteiger charge is -2.25. The third kappa shape index (κ3) is 9.10. The molecule has 260 valence electrons. The number of hydrogen-bond donors (Lipinski definition) is 8. The van der Waals surface area contributed by atoms with E-state index in [0.29, 0.717) is 12.6 Å². The van der Waals surface area contributed by atoms with E-state index in [-0.39, 0.29) is 12.1 Å². The Balaban J connectivity index is 1.09. The molecule has 0 aliphatic heterocycles. The van der Waals surface area contributed by atoms with Crippen molar-refractivity contribution < 1.29 is 35.1 Å².